The Hall–Kier alpha value is -1.60. The summed E-state index contributed by atoms with van der Waals surface area (Å²) in [5.74, 6) is 0.0425. The van der Waals surface area contributed by atoms with Crippen LogP contribution in [0.2, 0.25) is 0 Å². The lowest BCUT2D eigenvalue weighted by Gasteiger charge is -2.21. The molecule has 1 aromatic rings. The van der Waals surface area contributed by atoms with Crippen molar-refractivity contribution in [3.8, 4) is 0 Å². The second-order valence-corrected chi connectivity index (χ2v) is 7.02. The summed E-state index contributed by atoms with van der Waals surface area (Å²) in [6.45, 7) is 2.08. The van der Waals surface area contributed by atoms with Crippen LogP contribution in [-0.2, 0) is 9.84 Å². The van der Waals surface area contributed by atoms with Crippen LogP contribution in [0.3, 0.4) is 0 Å². The molecule has 0 saturated carbocycles. The molecule has 20 heavy (non-hydrogen) atoms. The van der Waals surface area contributed by atoms with Crippen molar-refractivity contribution >= 4 is 15.9 Å². The molecule has 0 aliphatic carbocycles. The van der Waals surface area contributed by atoms with E-state index in [0.717, 1.165) is 5.56 Å². The van der Waals surface area contributed by atoms with E-state index in [1.54, 1.807) is 19.1 Å². The van der Waals surface area contributed by atoms with Crippen LogP contribution in [0.1, 0.15) is 18.5 Å². The Morgan fingerprint density at radius 3 is 2.25 bits per heavy atom. The van der Waals surface area contributed by atoms with Gasteiger partial charge in [0.15, 0.2) is 9.84 Å². The molecule has 0 aliphatic heterocycles. The maximum atomic E-state index is 11.7. The van der Waals surface area contributed by atoms with E-state index in [-0.39, 0.29) is 10.6 Å². The van der Waals surface area contributed by atoms with Crippen molar-refractivity contribution in [1.82, 2.24) is 10.2 Å². The number of rotatable bonds is 6. The lowest BCUT2D eigenvalue weighted by atomic mass is 10.1. The van der Waals surface area contributed by atoms with E-state index in [9.17, 15) is 13.2 Å². The first-order valence-corrected chi connectivity index (χ1v) is 7.88. The molecule has 1 aromatic carbocycles. The number of carbonyl (C=O) groups is 1. The molecule has 0 bridgehead atoms. The summed E-state index contributed by atoms with van der Waals surface area (Å²) >= 11 is 0. The van der Waals surface area contributed by atoms with Gasteiger partial charge in [-0.25, -0.2) is 13.2 Å². The van der Waals surface area contributed by atoms with E-state index in [2.05, 4.69) is 5.32 Å². The van der Waals surface area contributed by atoms with Gasteiger partial charge < -0.3 is 15.3 Å². The van der Waals surface area contributed by atoms with Gasteiger partial charge in [-0.05, 0) is 31.8 Å². The average Bonchev–Trinajstić information content (AvgIpc) is 2.37. The Morgan fingerprint density at radius 1 is 1.30 bits per heavy atom. The van der Waals surface area contributed by atoms with Crippen LogP contribution in [0.15, 0.2) is 29.2 Å². The van der Waals surface area contributed by atoms with Crippen LogP contribution in [0, 0.1) is 0 Å². The summed E-state index contributed by atoms with van der Waals surface area (Å²) in [5, 5.41) is 11.3. The van der Waals surface area contributed by atoms with Gasteiger partial charge in [-0.1, -0.05) is 19.1 Å². The summed E-state index contributed by atoms with van der Waals surface area (Å²) in [6, 6.07) is 5.92. The molecule has 0 aromatic heterocycles. The van der Waals surface area contributed by atoms with Gasteiger partial charge in [0.1, 0.15) is 0 Å². The number of nitrogens with zero attached hydrogens (tertiary/aromatic N) is 1. The Balaban J connectivity index is 3.01. The van der Waals surface area contributed by atoms with Crippen LogP contribution >= 0.6 is 0 Å². The average molecular weight is 300 g/mol. The number of carboxylic acid groups (broad SMARTS) is 1. The third kappa shape index (κ3) is 4.50. The third-order valence-corrected chi connectivity index (χ3v) is 4.62. The van der Waals surface area contributed by atoms with Gasteiger partial charge in [0.2, 0.25) is 0 Å². The zero-order chi connectivity index (χ0) is 15.3. The number of likely N-dealkylation sites (N-methyl/N-ethyl adjacent to an activating group) is 1. The first kappa shape index (κ1) is 16.5. The van der Waals surface area contributed by atoms with E-state index in [4.69, 9.17) is 5.11 Å². The van der Waals surface area contributed by atoms with Crippen LogP contribution in [0.5, 0.6) is 0 Å². The fourth-order valence-corrected chi connectivity index (χ4v) is 2.71. The van der Waals surface area contributed by atoms with Gasteiger partial charge in [-0.3, -0.25) is 0 Å². The zero-order valence-corrected chi connectivity index (χ0v) is 12.6. The van der Waals surface area contributed by atoms with E-state index in [0.29, 0.717) is 6.54 Å². The lowest BCUT2D eigenvalue weighted by Crippen LogP contribution is -2.34. The summed E-state index contributed by atoms with van der Waals surface area (Å²) in [4.78, 5) is 12.9. The standard InChI is InChI=1S/C13H20N2O4S/c1-4-20(18,19)11-7-5-10(6-8-11)12(9-15(2)3)14-13(16)17/h5-8,12,14H,4,9H2,1-3H3,(H,16,17). The van der Waals surface area contributed by atoms with Crippen molar-refractivity contribution < 1.29 is 18.3 Å². The molecule has 1 amide bonds. The number of hydrogen-bond acceptors (Lipinski definition) is 4. The van der Waals surface area contributed by atoms with E-state index in [1.807, 2.05) is 19.0 Å². The highest BCUT2D eigenvalue weighted by atomic mass is 32.2. The van der Waals surface area contributed by atoms with Crippen molar-refractivity contribution in [3.63, 3.8) is 0 Å². The number of benzene rings is 1. The molecule has 1 rings (SSSR count). The number of hydrogen-bond donors (Lipinski definition) is 2. The predicted molar refractivity (Wildman–Crippen MR) is 76.6 cm³/mol. The largest absolute Gasteiger partial charge is 0.465 e. The SMILES string of the molecule is CCS(=O)(=O)c1ccc(C(CN(C)C)NC(=O)O)cc1. The molecule has 0 aliphatic rings. The predicted octanol–water partition coefficient (Wildman–Crippen LogP) is 1.35. The lowest BCUT2D eigenvalue weighted by molar-refractivity contribution is 0.186. The molecule has 0 spiro atoms. The summed E-state index contributed by atoms with van der Waals surface area (Å²) in [5.41, 5.74) is 0.733. The van der Waals surface area contributed by atoms with Crippen LogP contribution < -0.4 is 5.32 Å². The summed E-state index contributed by atoms with van der Waals surface area (Å²) < 4.78 is 23.4. The highest BCUT2D eigenvalue weighted by Crippen LogP contribution is 2.18. The highest BCUT2D eigenvalue weighted by Gasteiger charge is 2.17. The van der Waals surface area contributed by atoms with E-state index < -0.39 is 22.0 Å². The first-order valence-electron chi connectivity index (χ1n) is 6.23. The van der Waals surface area contributed by atoms with Crippen LogP contribution in [0.25, 0.3) is 0 Å². The van der Waals surface area contributed by atoms with Gasteiger partial charge in [0.25, 0.3) is 0 Å². The topological polar surface area (TPSA) is 86.7 Å². The van der Waals surface area contributed by atoms with Gasteiger partial charge in [0.05, 0.1) is 16.7 Å². The summed E-state index contributed by atoms with van der Waals surface area (Å²) in [6.07, 6.45) is -1.11. The molecule has 0 heterocycles. The molecule has 6 nitrogen and oxygen atoms in total. The Labute approximate surface area is 119 Å². The molecule has 2 N–H and O–H groups in total. The Morgan fingerprint density at radius 2 is 1.85 bits per heavy atom. The van der Waals surface area contributed by atoms with Crippen molar-refractivity contribution in [2.24, 2.45) is 0 Å². The molecule has 7 heteroatoms. The molecular weight excluding hydrogens is 280 g/mol. The second kappa shape index (κ2) is 6.71. The van der Waals surface area contributed by atoms with Gasteiger partial charge >= 0.3 is 6.09 Å². The van der Waals surface area contributed by atoms with E-state index in [1.165, 1.54) is 12.1 Å². The van der Waals surface area contributed by atoms with Crippen molar-refractivity contribution in [2.45, 2.75) is 17.9 Å². The van der Waals surface area contributed by atoms with Gasteiger partial charge in [-0.15, -0.1) is 0 Å². The van der Waals surface area contributed by atoms with Crippen molar-refractivity contribution in [2.75, 3.05) is 26.4 Å². The minimum Gasteiger partial charge on any atom is -0.465 e. The minimum atomic E-state index is -3.23. The maximum Gasteiger partial charge on any atom is 0.405 e. The zero-order valence-electron chi connectivity index (χ0n) is 11.8. The van der Waals surface area contributed by atoms with Crippen molar-refractivity contribution in [1.29, 1.82) is 0 Å². The third-order valence-electron chi connectivity index (χ3n) is 2.87. The molecule has 1 unspecified atom stereocenters. The Bertz CT molecular complexity index is 552. The maximum absolute atomic E-state index is 11.7. The monoisotopic (exact) mass is 300 g/mol. The molecule has 0 fully saturated rings. The number of amides is 1. The fraction of sp³-hybridized carbons (Fsp3) is 0.462. The molecule has 0 radical (unpaired) electrons. The number of sulfone groups is 1. The number of nitrogens with one attached hydrogen (secondary N) is 1. The second-order valence-electron chi connectivity index (χ2n) is 4.74. The van der Waals surface area contributed by atoms with Crippen LogP contribution in [-0.4, -0.2) is 50.9 Å². The molecule has 1 atom stereocenters. The smallest absolute Gasteiger partial charge is 0.405 e. The normalized spacial score (nSPS) is 13.2. The van der Waals surface area contributed by atoms with Crippen LogP contribution in [0.4, 0.5) is 4.79 Å². The molecular formula is C13H20N2O4S. The Kier molecular flexibility index (Phi) is 5.52. The summed E-state index contributed by atoms with van der Waals surface area (Å²) in [7, 11) is 0.446. The van der Waals surface area contributed by atoms with Gasteiger partial charge in [-0.2, -0.15) is 0 Å². The van der Waals surface area contributed by atoms with E-state index >= 15 is 0 Å². The first-order chi connectivity index (χ1) is 9.26. The van der Waals surface area contributed by atoms with Crippen molar-refractivity contribution in [3.05, 3.63) is 29.8 Å². The molecule has 0 saturated heterocycles. The quantitative estimate of drug-likeness (QED) is 0.828. The molecule has 112 valence electrons. The minimum absolute atomic E-state index is 0.0425. The van der Waals surface area contributed by atoms with Gasteiger partial charge in [0, 0.05) is 6.54 Å². The fourth-order valence-electron chi connectivity index (χ4n) is 1.82. The highest BCUT2D eigenvalue weighted by molar-refractivity contribution is 7.91.